The molecule has 1 aliphatic heterocycles. The SMILES string of the molecule is CCCCC1(C(N)=O)CN(C(=O)C(C)Cl)CCN1Cc1ccccc1. The number of amides is 2. The standard InChI is InChI=1S/C19H28ClN3O2/c1-3-4-10-19(18(21)25)14-22(17(24)15(2)20)11-12-23(19)13-16-8-6-5-7-9-16/h5-9,15H,3-4,10-14H2,1-2H3,(H2,21,25). The quantitative estimate of drug-likeness (QED) is 0.754. The first-order chi connectivity index (χ1) is 11.9. The molecule has 1 fully saturated rings. The molecule has 25 heavy (non-hydrogen) atoms. The highest BCUT2D eigenvalue weighted by Crippen LogP contribution is 2.30. The van der Waals surface area contributed by atoms with Crippen molar-refractivity contribution in [2.45, 2.75) is 50.6 Å². The van der Waals surface area contributed by atoms with Crippen molar-refractivity contribution in [2.24, 2.45) is 5.73 Å². The highest BCUT2D eigenvalue weighted by molar-refractivity contribution is 6.30. The third-order valence-electron chi connectivity index (χ3n) is 4.97. The number of carbonyl (C=O) groups excluding carboxylic acids is 2. The van der Waals surface area contributed by atoms with E-state index in [1.54, 1.807) is 11.8 Å². The molecule has 0 aliphatic carbocycles. The van der Waals surface area contributed by atoms with Crippen molar-refractivity contribution in [3.05, 3.63) is 35.9 Å². The Labute approximate surface area is 155 Å². The minimum absolute atomic E-state index is 0.136. The van der Waals surface area contributed by atoms with Gasteiger partial charge in [-0.3, -0.25) is 14.5 Å². The van der Waals surface area contributed by atoms with Gasteiger partial charge in [0.2, 0.25) is 11.8 Å². The van der Waals surface area contributed by atoms with E-state index in [2.05, 4.69) is 11.8 Å². The second-order valence-corrected chi connectivity index (χ2v) is 7.44. The normalized spacial score (nSPS) is 22.6. The van der Waals surface area contributed by atoms with Crippen LogP contribution in [0.2, 0.25) is 0 Å². The lowest BCUT2D eigenvalue weighted by molar-refractivity contribution is -0.145. The topological polar surface area (TPSA) is 66.6 Å². The average molecular weight is 366 g/mol. The molecule has 1 aromatic rings. The van der Waals surface area contributed by atoms with Gasteiger partial charge in [0.25, 0.3) is 0 Å². The third kappa shape index (κ3) is 4.53. The highest BCUT2D eigenvalue weighted by atomic mass is 35.5. The van der Waals surface area contributed by atoms with E-state index < -0.39 is 10.9 Å². The number of carbonyl (C=O) groups is 2. The lowest BCUT2D eigenvalue weighted by Gasteiger charge is -2.49. The van der Waals surface area contributed by atoms with E-state index in [4.69, 9.17) is 17.3 Å². The van der Waals surface area contributed by atoms with Gasteiger partial charge >= 0.3 is 0 Å². The van der Waals surface area contributed by atoms with Crippen molar-refractivity contribution >= 4 is 23.4 Å². The van der Waals surface area contributed by atoms with Crippen LogP contribution >= 0.6 is 11.6 Å². The molecule has 0 radical (unpaired) electrons. The number of hydrogen-bond donors (Lipinski definition) is 1. The van der Waals surface area contributed by atoms with Crippen LogP contribution in [0.25, 0.3) is 0 Å². The molecular weight excluding hydrogens is 338 g/mol. The van der Waals surface area contributed by atoms with Gasteiger partial charge in [0.05, 0.1) is 0 Å². The molecule has 1 aliphatic rings. The largest absolute Gasteiger partial charge is 0.368 e. The molecule has 6 heteroatoms. The van der Waals surface area contributed by atoms with Crippen LogP contribution in [0.1, 0.15) is 38.7 Å². The molecule has 138 valence electrons. The Morgan fingerprint density at radius 2 is 1.96 bits per heavy atom. The Balaban J connectivity index is 2.30. The molecule has 2 rings (SSSR count). The van der Waals surface area contributed by atoms with Gasteiger partial charge in [0, 0.05) is 26.2 Å². The number of nitrogens with zero attached hydrogens (tertiary/aromatic N) is 2. The summed E-state index contributed by atoms with van der Waals surface area (Å²) in [5, 5.41) is -0.600. The van der Waals surface area contributed by atoms with Gasteiger partial charge in [0.1, 0.15) is 10.9 Å². The maximum Gasteiger partial charge on any atom is 0.240 e. The Morgan fingerprint density at radius 1 is 1.28 bits per heavy atom. The minimum Gasteiger partial charge on any atom is -0.368 e. The number of alkyl halides is 1. The van der Waals surface area contributed by atoms with Crippen molar-refractivity contribution in [1.29, 1.82) is 0 Å². The zero-order chi connectivity index (χ0) is 18.4. The second-order valence-electron chi connectivity index (χ2n) is 6.78. The van der Waals surface area contributed by atoms with Crippen LogP contribution in [-0.4, -0.2) is 52.2 Å². The molecule has 1 saturated heterocycles. The van der Waals surface area contributed by atoms with E-state index in [1.807, 2.05) is 30.3 Å². The molecule has 1 aromatic carbocycles. The highest BCUT2D eigenvalue weighted by Gasteiger charge is 2.47. The molecule has 2 N–H and O–H groups in total. The summed E-state index contributed by atoms with van der Waals surface area (Å²) in [5.74, 6) is -0.500. The van der Waals surface area contributed by atoms with Crippen LogP contribution in [0.4, 0.5) is 0 Å². The first-order valence-electron chi connectivity index (χ1n) is 8.92. The Kier molecular flexibility index (Phi) is 6.85. The lowest BCUT2D eigenvalue weighted by atomic mass is 9.86. The average Bonchev–Trinajstić information content (AvgIpc) is 2.61. The molecule has 0 saturated carbocycles. The van der Waals surface area contributed by atoms with Gasteiger partial charge in [-0.15, -0.1) is 11.6 Å². The fraction of sp³-hybridized carbons (Fsp3) is 0.579. The summed E-state index contributed by atoms with van der Waals surface area (Å²) in [7, 11) is 0. The number of nitrogens with two attached hydrogens (primary N) is 1. The number of halogens is 1. The first kappa shape index (κ1) is 19.7. The lowest BCUT2D eigenvalue weighted by Crippen LogP contribution is -2.68. The Hall–Kier alpha value is -1.59. The van der Waals surface area contributed by atoms with Crippen molar-refractivity contribution in [1.82, 2.24) is 9.80 Å². The van der Waals surface area contributed by atoms with E-state index >= 15 is 0 Å². The van der Waals surface area contributed by atoms with Gasteiger partial charge in [-0.1, -0.05) is 50.1 Å². The van der Waals surface area contributed by atoms with E-state index in [0.29, 0.717) is 32.6 Å². The summed E-state index contributed by atoms with van der Waals surface area (Å²) in [6.45, 7) is 5.87. The first-order valence-corrected chi connectivity index (χ1v) is 9.36. The van der Waals surface area contributed by atoms with Gasteiger partial charge in [0.15, 0.2) is 0 Å². The van der Waals surface area contributed by atoms with Crippen LogP contribution < -0.4 is 5.73 Å². The summed E-state index contributed by atoms with van der Waals surface area (Å²) in [4.78, 5) is 28.7. The van der Waals surface area contributed by atoms with Crippen LogP contribution in [0.3, 0.4) is 0 Å². The number of unbranched alkanes of at least 4 members (excludes halogenated alkanes) is 1. The summed E-state index contributed by atoms with van der Waals surface area (Å²) in [6, 6.07) is 10.0. The van der Waals surface area contributed by atoms with E-state index in [0.717, 1.165) is 18.4 Å². The van der Waals surface area contributed by atoms with Gasteiger partial charge in [-0.05, 0) is 18.9 Å². The zero-order valence-electron chi connectivity index (χ0n) is 15.1. The Bertz CT molecular complexity index is 594. The molecule has 1 heterocycles. The smallest absolute Gasteiger partial charge is 0.240 e. The summed E-state index contributed by atoms with van der Waals surface area (Å²) in [6.07, 6.45) is 2.49. The van der Waals surface area contributed by atoms with E-state index in [-0.39, 0.29) is 11.8 Å². The number of rotatable bonds is 7. The molecule has 2 unspecified atom stereocenters. The van der Waals surface area contributed by atoms with Gasteiger partial charge in [-0.2, -0.15) is 0 Å². The molecule has 5 nitrogen and oxygen atoms in total. The number of piperazine rings is 1. The molecule has 0 bridgehead atoms. The minimum atomic E-state index is -0.842. The van der Waals surface area contributed by atoms with E-state index in [9.17, 15) is 9.59 Å². The van der Waals surface area contributed by atoms with Crippen LogP contribution in [0.15, 0.2) is 30.3 Å². The molecule has 0 aromatic heterocycles. The van der Waals surface area contributed by atoms with Crippen LogP contribution in [0, 0.1) is 0 Å². The Morgan fingerprint density at radius 3 is 2.52 bits per heavy atom. The predicted octanol–water partition coefficient (Wildman–Crippen LogP) is 2.37. The monoisotopic (exact) mass is 365 g/mol. The summed E-state index contributed by atoms with van der Waals surface area (Å²) in [5.41, 5.74) is 6.17. The number of benzene rings is 1. The van der Waals surface area contributed by atoms with Gasteiger partial charge in [-0.25, -0.2) is 0 Å². The molecular formula is C19H28ClN3O2. The zero-order valence-corrected chi connectivity index (χ0v) is 15.8. The van der Waals surface area contributed by atoms with Gasteiger partial charge < -0.3 is 10.6 Å². The third-order valence-corrected chi connectivity index (χ3v) is 5.16. The fourth-order valence-electron chi connectivity index (χ4n) is 3.49. The van der Waals surface area contributed by atoms with Crippen molar-refractivity contribution in [2.75, 3.05) is 19.6 Å². The number of primary amides is 1. The molecule has 2 amide bonds. The van der Waals surface area contributed by atoms with Crippen molar-refractivity contribution in [3.63, 3.8) is 0 Å². The molecule has 2 atom stereocenters. The second kappa shape index (κ2) is 8.68. The summed E-state index contributed by atoms with van der Waals surface area (Å²) >= 11 is 5.98. The maximum atomic E-state index is 12.5. The van der Waals surface area contributed by atoms with Crippen LogP contribution in [-0.2, 0) is 16.1 Å². The van der Waals surface area contributed by atoms with Crippen molar-refractivity contribution in [3.8, 4) is 0 Å². The fourth-order valence-corrected chi connectivity index (χ4v) is 3.63. The van der Waals surface area contributed by atoms with Crippen molar-refractivity contribution < 1.29 is 9.59 Å². The van der Waals surface area contributed by atoms with E-state index in [1.165, 1.54) is 0 Å². The summed E-state index contributed by atoms with van der Waals surface area (Å²) < 4.78 is 0. The maximum absolute atomic E-state index is 12.5. The van der Waals surface area contributed by atoms with Crippen LogP contribution in [0.5, 0.6) is 0 Å². The molecule has 0 spiro atoms. The number of hydrogen-bond acceptors (Lipinski definition) is 3. The predicted molar refractivity (Wildman–Crippen MR) is 100 cm³/mol.